The minimum Gasteiger partial charge on any atom is -0.396 e. The van der Waals surface area contributed by atoms with Crippen LogP contribution in [0.15, 0.2) is 18.5 Å². The number of rotatable bonds is 3. The van der Waals surface area contributed by atoms with E-state index >= 15 is 0 Å². The lowest BCUT2D eigenvalue weighted by Crippen LogP contribution is -2.38. The molecule has 25 heavy (non-hydrogen) atoms. The molecule has 3 aromatic rings. The van der Waals surface area contributed by atoms with E-state index in [4.69, 9.17) is 10.1 Å². The number of aryl methyl sites for hydroxylation is 2. The summed E-state index contributed by atoms with van der Waals surface area (Å²) in [6.07, 6.45) is 5.86. The molecule has 1 aliphatic heterocycles. The van der Waals surface area contributed by atoms with Crippen LogP contribution in [0, 0.1) is 19.8 Å². The summed E-state index contributed by atoms with van der Waals surface area (Å²) in [5, 5.41) is 14.4. The number of imidazole rings is 1. The van der Waals surface area contributed by atoms with Crippen LogP contribution < -0.4 is 4.90 Å². The van der Waals surface area contributed by atoms with Crippen LogP contribution in [-0.4, -0.2) is 49.0 Å². The minimum atomic E-state index is 0.236. The fraction of sp³-hybridized carbons (Fsp3) is 0.500. The van der Waals surface area contributed by atoms with Crippen molar-refractivity contribution in [2.24, 2.45) is 13.0 Å². The molecule has 0 bridgehead atoms. The van der Waals surface area contributed by atoms with Crippen molar-refractivity contribution in [3.63, 3.8) is 0 Å². The smallest absolute Gasteiger partial charge is 0.160 e. The van der Waals surface area contributed by atoms with Crippen molar-refractivity contribution in [2.45, 2.75) is 26.7 Å². The first-order valence-corrected chi connectivity index (χ1v) is 8.79. The molecule has 1 atom stereocenters. The van der Waals surface area contributed by atoms with Gasteiger partial charge in [0.1, 0.15) is 11.5 Å². The van der Waals surface area contributed by atoms with Crippen molar-refractivity contribution in [3.05, 3.63) is 29.7 Å². The second-order valence-corrected chi connectivity index (χ2v) is 6.94. The highest BCUT2D eigenvalue weighted by molar-refractivity contribution is 5.63. The van der Waals surface area contributed by atoms with Gasteiger partial charge < -0.3 is 14.6 Å². The summed E-state index contributed by atoms with van der Waals surface area (Å²) in [6.45, 7) is 6.21. The van der Waals surface area contributed by atoms with Gasteiger partial charge in [0, 0.05) is 56.5 Å². The number of anilines is 1. The molecule has 0 aromatic carbocycles. The van der Waals surface area contributed by atoms with Crippen LogP contribution in [0.4, 0.5) is 5.82 Å². The monoisotopic (exact) mass is 340 g/mol. The van der Waals surface area contributed by atoms with E-state index in [1.54, 1.807) is 6.20 Å². The molecule has 1 fully saturated rings. The predicted octanol–water partition coefficient (Wildman–Crippen LogP) is 1.96. The molecule has 0 aliphatic carbocycles. The summed E-state index contributed by atoms with van der Waals surface area (Å²) in [5.41, 5.74) is 3.81. The van der Waals surface area contributed by atoms with E-state index in [1.165, 1.54) is 0 Å². The van der Waals surface area contributed by atoms with Crippen molar-refractivity contribution in [1.82, 2.24) is 24.1 Å². The van der Waals surface area contributed by atoms with Gasteiger partial charge in [0.2, 0.25) is 0 Å². The first kappa shape index (κ1) is 16.1. The Morgan fingerprint density at radius 2 is 2.16 bits per heavy atom. The van der Waals surface area contributed by atoms with Gasteiger partial charge >= 0.3 is 0 Å². The normalized spacial score (nSPS) is 18.2. The van der Waals surface area contributed by atoms with Crippen molar-refractivity contribution in [1.29, 1.82) is 0 Å². The molecule has 0 unspecified atom stereocenters. The Labute approximate surface area is 146 Å². The third kappa shape index (κ3) is 2.68. The quantitative estimate of drug-likeness (QED) is 0.789. The maximum Gasteiger partial charge on any atom is 0.160 e. The van der Waals surface area contributed by atoms with Crippen LogP contribution >= 0.6 is 0 Å². The van der Waals surface area contributed by atoms with Gasteiger partial charge in [-0.3, -0.25) is 0 Å². The van der Waals surface area contributed by atoms with Crippen LogP contribution in [0.2, 0.25) is 0 Å². The third-order valence-corrected chi connectivity index (χ3v) is 5.18. The van der Waals surface area contributed by atoms with E-state index in [9.17, 15) is 5.11 Å². The molecule has 0 radical (unpaired) electrons. The molecule has 1 saturated heterocycles. The number of aromatic nitrogens is 5. The average Bonchev–Trinajstić information content (AvgIpc) is 3.21. The second kappa shape index (κ2) is 6.15. The number of piperidine rings is 1. The highest BCUT2D eigenvalue weighted by Gasteiger charge is 2.25. The molecule has 1 N–H and O–H groups in total. The summed E-state index contributed by atoms with van der Waals surface area (Å²) >= 11 is 0. The topological polar surface area (TPSA) is 71.5 Å². The maximum absolute atomic E-state index is 9.58. The van der Waals surface area contributed by atoms with Gasteiger partial charge in [0.05, 0.1) is 0 Å². The van der Waals surface area contributed by atoms with Crippen LogP contribution in [0.1, 0.15) is 24.1 Å². The zero-order valence-electron chi connectivity index (χ0n) is 15.0. The Kier molecular flexibility index (Phi) is 3.95. The van der Waals surface area contributed by atoms with Gasteiger partial charge in [-0.1, -0.05) is 0 Å². The van der Waals surface area contributed by atoms with E-state index in [1.807, 2.05) is 35.3 Å². The molecule has 4 heterocycles. The molecular weight excluding hydrogens is 316 g/mol. The maximum atomic E-state index is 9.58. The Balaban J connectivity index is 1.86. The van der Waals surface area contributed by atoms with E-state index in [0.717, 1.165) is 60.2 Å². The van der Waals surface area contributed by atoms with E-state index in [2.05, 4.69) is 16.8 Å². The molecule has 0 saturated carbocycles. The van der Waals surface area contributed by atoms with Gasteiger partial charge in [0.25, 0.3) is 0 Å². The van der Waals surface area contributed by atoms with E-state index in [-0.39, 0.29) is 6.61 Å². The number of aliphatic hydroxyl groups excluding tert-OH is 1. The Hall–Kier alpha value is -2.41. The lowest BCUT2D eigenvalue weighted by Gasteiger charge is -2.34. The van der Waals surface area contributed by atoms with Crippen LogP contribution in [0.5, 0.6) is 0 Å². The Bertz CT molecular complexity index is 912. The summed E-state index contributed by atoms with van der Waals surface area (Å²) < 4.78 is 3.90. The molecular formula is C18H24N6O. The Morgan fingerprint density at radius 3 is 2.88 bits per heavy atom. The summed E-state index contributed by atoms with van der Waals surface area (Å²) in [5.74, 6) is 2.24. The number of aliphatic hydroxyl groups is 1. The highest BCUT2D eigenvalue weighted by Crippen LogP contribution is 2.29. The number of hydrogen-bond acceptors (Lipinski definition) is 5. The molecule has 0 spiro atoms. The van der Waals surface area contributed by atoms with Crippen LogP contribution in [0.25, 0.3) is 17.2 Å². The number of fused-ring (bicyclic) bond motifs is 1. The van der Waals surface area contributed by atoms with Crippen molar-refractivity contribution in [2.75, 3.05) is 24.6 Å². The van der Waals surface area contributed by atoms with Crippen LogP contribution in [-0.2, 0) is 7.05 Å². The first-order chi connectivity index (χ1) is 12.1. The Morgan fingerprint density at radius 1 is 1.32 bits per heavy atom. The lowest BCUT2D eigenvalue weighted by molar-refractivity contribution is 0.208. The van der Waals surface area contributed by atoms with Crippen LogP contribution in [0.3, 0.4) is 0 Å². The van der Waals surface area contributed by atoms with E-state index in [0.29, 0.717) is 5.92 Å². The molecule has 7 heteroatoms. The minimum absolute atomic E-state index is 0.236. The van der Waals surface area contributed by atoms with Gasteiger partial charge in [-0.2, -0.15) is 9.61 Å². The van der Waals surface area contributed by atoms with E-state index < -0.39 is 0 Å². The lowest BCUT2D eigenvalue weighted by atomic mass is 9.98. The standard InChI is InChI=1S/C18H24N6O/c1-12-13(2)20-16-9-15(17-19-6-8-22(17)3)21-24(16)18(12)23-7-4-5-14(10-23)11-25/h6,8-9,14,25H,4-5,7,10-11H2,1-3H3/t14-/m1/s1. The fourth-order valence-corrected chi connectivity index (χ4v) is 3.68. The zero-order valence-corrected chi connectivity index (χ0v) is 15.0. The first-order valence-electron chi connectivity index (χ1n) is 8.79. The summed E-state index contributed by atoms with van der Waals surface area (Å²) in [6, 6.07) is 1.99. The number of nitrogens with zero attached hydrogens (tertiary/aromatic N) is 6. The zero-order chi connectivity index (χ0) is 17.6. The molecule has 0 amide bonds. The van der Waals surface area contributed by atoms with Crippen molar-refractivity contribution >= 4 is 11.5 Å². The fourth-order valence-electron chi connectivity index (χ4n) is 3.68. The third-order valence-electron chi connectivity index (χ3n) is 5.18. The molecule has 3 aromatic heterocycles. The highest BCUT2D eigenvalue weighted by atomic mass is 16.3. The van der Waals surface area contributed by atoms with Gasteiger partial charge in [-0.25, -0.2) is 9.97 Å². The van der Waals surface area contributed by atoms with Gasteiger partial charge in [-0.05, 0) is 32.6 Å². The summed E-state index contributed by atoms with van der Waals surface area (Å²) in [4.78, 5) is 11.5. The molecule has 1 aliphatic rings. The number of hydrogen-bond donors (Lipinski definition) is 1. The molecule has 7 nitrogen and oxygen atoms in total. The SMILES string of the molecule is Cc1nc2cc(-c3nccn3C)nn2c(N2CCC[C@@H](CO)C2)c1C. The van der Waals surface area contributed by atoms with Crippen molar-refractivity contribution < 1.29 is 5.11 Å². The predicted molar refractivity (Wildman–Crippen MR) is 96.7 cm³/mol. The summed E-state index contributed by atoms with van der Waals surface area (Å²) in [7, 11) is 1.97. The van der Waals surface area contributed by atoms with Gasteiger partial charge in [-0.15, -0.1) is 0 Å². The average molecular weight is 340 g/mol. The molecule has 132 valence electrons. The largest absolute Gasteiger partial charge is 0.396 e. The molecule has 4 rings (SSSR count). The van der Waals surface area contributed by atoms with Gasteiger partial charge in [0.15, 0.2) is 11.5 Å². The second-order valence-electron chi connectivity index (χ2n) is 6.94. The van der Waals surface area contributed by atoms with Crippen molar-refractivity contribution in [3.8, 4) is 11.5 Å².